The molecular weight excluding hydrogens is 204 g/mol. The first-order valence-corrected chi connectivity index (χ1v) is 5.97. The molecule has 2 atom stereocenters. The molecule has 1 aliphatic heterocycles. The second kappa shape index (κ2) is 5.04. The smallest absolute Gasteiger partial charge is 0.407 e. The zero-order valence-corrected chi connectivity index (χ0v) is 11.0. The number of rotatable bonds is 1. The van der Waals surface area contributed by atoms with Crippen LogP contribution in [0, 0.1) is 0 Å². The molecule has 1 amide bonds. The van der Waals surface area contributed by atoms with Gasteiger partial charge in [0.1, 0.15) is 5.60 Å². The van der Waals surface area contributed by atoms with Gasteiger partial charge in [0, 0.05) is 18.6 Å². The van der Waals surface area contributed by atoms with Crippen molar-refractivity contribution in [1.29, 1.82) is 0 Å². The lowest BCUT2D eigenvalue weighted by molar-refractivity contribution is 0.0468. The summed E-state index contributed by atoms with van der Waals surface area (Å²) in [5, 5.41) is 2.94. The SMILES string of the molecule is CC1CC(NC(=O)OC(C)(C)C)CCN1C. The van der Waals surface area contributed by atoms with Crippen LogP contribution in [0.4, 0.5) is 4.79 Å². The summed E-state index contributed by atoms with van der Waals surface area (Å²) in [4.78, 5) is 13.9. The fraction of sp³-hybridized carbons (Fsp3) is 0.917. The summed E-state index contributed by atoms with van der Waals surface area (Å²) in [5.74, 6) is 0. The van der Waals surface area contributed by atoms with E-state index < -0.39 is 5.60 Å². The molecule has 1 fully saturated rings. The van der Waals surface area contributed by atoms with Crippen molar-refractivity contribution >= 4 is 6.09 Å². The molecule has 1 aliphatic rings. The maximum atomic E-state index is 11.6. The van der Waals surface area contributed by atoms with Gasteiger partial charge in [0.05, 0.1) is 0 Å². The molecule has 1 rings (SSSR count). The lowest BCUT2D eigenvalue weighted by atomic mass is 9.99. The van der Waals surface area contributed by atoms with Gasteiger partial charge in [-0.3, -0.25) is 0 Å². The normalized spacial score (nSPS) is 27.6. The Bertz CT molecular complexity index is 248. The van der Waals surface area contributed by atoms with E-state index in [0.717, 1.165) is 19.4 Å². The number of ether oxygens (including phenoxy) is 1. The fourth-order valence-corrected chi connectivity index (χ4v) is 1.89. The number of alkyl carbamates (subject to hydrolysis) is 1. The monoisotopic (exact) mass is 228 g/mol. The van der Waals surface area contributed by atoms with E-state index in [-0.39, 0.29) is 12.1 Å². The lowest BCUT2D eigenvalue weighted by Crippen LogP contribution is -2.48. The summed E-state index contributed by atoms with van der Waals surface area (Å²) < 4.78 is 5.24. The van der Waals surface area contributed by atoms with Crippen LogP contribution in [0.25, 0.3) is 0 Å². The number of carbonyl (C=O) groups is 1. The summed E-state index contributed by atoms with van der Waals surface area (Å²) in [7, 11) is 2.12. The van der Waals surface area contributed by atoms with E-state index in [0.29, 0.717) is 6.04 Å². The first-order valence-electron chi connectivity index (χ1n) is 5.97. The Kier molecular flexibility index (Phi) is 4.19. The molecule has 0 bridgehead atoms. The van der Waals surface area contributed by atoms with Crippen molar-refractivity contribution in [2.45, 2.75) is 58.2 Å². The van der Waals surface area contributed by atoms with Crippen LogP contribution in [-0.2, 0) is 4.74 Å². The standard InChI is InChI=1S/C12H24N2O2/c1-9-8-10(6-7-14(9)5)13-11(15)16-12(2,3)4/h9-10H,6-8H2,1-5H3,(H,13,15). The lowest BCUT2D eigenvalue weighted by Gasteiger charge is -2.35. The fourth-order valence-electron chi connectivity index (χ4n) is 1.89. The minimum absolute atomic E-state index is 0.251. The highest BCUT2D eigenvalue weighted by molar-refractivity contribution is 5.68. The molecule has 0 aromatic rings. The van der Waals surface area contributed by atoms with Gasteiger partial charge in [-0.2, -0.15) is 0 Å². The van der Waals surface area contributed by atoms with Gasteiger partial charge in [0.2, 0.25) is 0 Å². The Morgan fingerprint density at radius 3 is 2.56 bits per heavy atom. The zero-order valence-electron chi connectivity index (χ0n) is 11.0. The van der Waals surface area contributed by atoms with E-state index in [1.807, 2.05) is 20.8 Å². The third-order valence-corrected chi connectivity index (χ3v) is 2.93. The van der Waals surface area contributed by atoms with E-state index in [9.17, 15) is 4.79 Å². The molecule has 94 valence electrons. The molecule has 0 aliphatic carbocycles. The van der Waals surface area contributed by atoms with Crippen molar-refractivity contribution < 1.29 is 9.53 Å². The maximum Gasteiger partial charge on any atom is 0.407 e. The molecule has 2 unspecified atom stereocenters. The van der Waals surface area contributed by atoms with E-state index in [1.165, 1.54) is 0 Å². The number of carbonyl (C=O) groups excluding carboxylic acids is 1. The summed E-state index contributed by atoms with van der Waals surface area (Å²) in [6.45, 7) is 8.85. The Morgan fingerprint density at radius 1 is 1.44 bits per heavy atom. The van der Waals surface area contributed by atoms with Gasteiger partial charge in [0.15, 0.2) is 0 Å². The second-order valence-electron chi connectivity index (χ2n) is 5.70. The highest BCUT2D eigenvalue weighted by atomic mass is 16.6. The first-order chi connectivity index (χ1) is 7.28. The Morgan fingerprint density at radius 2 is 2.06 bits per heavy atom. The highest BCUT2D eigenvalue weighted by Crippen LogP contribution is 2.16. The van der Waals surface area contributed by atoms with Gasteiger partial charge >= 0.3 is 6.09 Å². The molecule has 0 radical (unpaired) electrons. The molecule has 0 saturated carbocycles. The predicted molar refractivity (Wildman–Crippen MR) is 64.5 cm³/mol. The maximum absolute atomic E-state index is 11.6. The van der Waals surface area contributed by atoms with Crippen molar-refractivity contribution in [1.82, 2.24) is 10.2 Å². The third-order valence-electron chi connectivity index (χ3n) is 2.93. The molecule has 0 aromatic carbocycles. The summed E-state index contributed by atoms with van der Waals surface area (Å²) in [6.07, 6.45) is 1.70. The molecule has 1 N–H and O–H groups in total. The Hall–Kier alpha value is -0.770. The van der Waals surface area contributed by atoms with Crippen molar-refractivity contribution in [3.05, 3.63) is 0 Å². The Labute approximate surface area is 98.3 Å². The average Bonchev–Trinajstić information content (AvgIpc) is 2.08. The largest absolute Gasteiger partial charge is 0.444 e. The number of nitrogens with zero attached hydrogens (tertiary/aromatic N) is 1. The Balaban J connectivity index is 2.35. The second-order valence-corrected chi connectivity index (χ2v) is 5.70. The predicted octanol–water partition coefficient (Wildman–Crippen LogP) is 1.99. The van der Waals surface area contributed by atoms with Gasteiger partial charge in [-0.1, -0.05) is 0 Å². The van der Waals surface area contributed by atoms with Crippen LogP contribution < -0.4 is 5.32 Å². The van der Waals surface area contributed by atoms with Gasteiger partial charge in [-0.15, -0.1) is 0 Å². The van der Waals surface area contributed by atoms with Crippen LogP contribution in [0.15, 0.2) is 0 Å². The van der Waals surface area contributed by atoms with Crippen LogP contribution in [0.3, 0.4) is 0 Å². The number of hydrogen-bond acceptors (Lipinski definition) is 3. The number of amides is 1. The van der Waals surface area contributed by atoms with E-state index in [4.69, 9.17) is 4.74 Å². The third kappa shape index (κ3) is 4.39. The van der Waals surface area contributed by atoms with Gasteiger partial charge in [0.25, 0.3) is 0 Å². The number of hydrogen-bond donors (Lipinski definition) is 1. The van der Waals surface area contributed by atoms with Crippen LogP contribution in [0.1, 0.15) is 40.5 Å². The van der Waals surface area contributed by atoms with Gasteiger partial charge in [-0.05, 0) is 47.6 Å². The van der Waals surface area contributed by atoms with E-state index >= 15 is 0 Å². The molecule has 16 heavy (non-hydrogen) atoms. The topological polar surface area (TPSA) is 41.6 Å². The molecule has 4 heteroatoms. The number of likely N-dealkylation sites (tertiary alicyclic amines) is 1. The van der Waals surface area contributed by atoms with E-state index in [1.54, 1.807) is 0 Å². The van der Waals surface area contributed by atoms with E-state index in [2.05, 4.69) is 24.2 Å². The van der Waals surface area contributed by atoms with Crippen LogP contribution in [0.5, 0.6) is 0 Å². The van der Waals surface area contributed by atoms with Crippen LogP contribution >= 0.6 is 0 Å². The zero-order chi connectivity index (χ0) is 12.3. The van der Waals surface area contributed by atoms with Crippen molar-refractivity contribution in [2.24, 2.45) is 0 Å². The molecule has 1 saturated heterocycles. The van der Waals surface area contributed by atoms with Gasteiger partial charge in [-0.25, -0.2) is 4.79 Å². The van der Waals surface area contributed by atoms with Crippen molar-refractivity contribution in [3.8, 4) is 0 Å². The van der Waals surface area contributed by atoms with Crippen molar-refractivity contribution in [2.75, 3.05) is 13.6 Å². The molecule has 1 heterocycles. The minimum atomic E-state index is -0.416. The van der Waals surface area contributed by atoms with Crippen molar-refractivity contribution in [3.63, 3.8) is 0 Å². The number of nitrogens with one attached hydrogen (secondary N) is 1. The van der Waals surface area contributed by atoms with Crippen LogP contribution in [0.2, 0.25) is 0 Å². The molecular formula is C12H24N2O2. The first kappa shape index (κ1) is 13.3. The highest BCUT2D eigenvalue weighted by Gasteiger charge is 2.25. The molecule has 0 spiro atoms. The minimum Gasteiger partial charge on any atom is -0.444 e. The summed E-state index contributed by atoms with van der Waals surface area (Å²) in [6, 6.07) is 0.773. The van der Waals surface area contributed by atoms with Crippen LogP contribution in [-0.4, -0.2) is 42.3 Å². The number of piperidine rings is 1. The summed E-state index contributed by atoms with van der Waals surface area (Å²) >= 11 is 0. The molecule has 4 nitrogen and oxygen atoms in total. The molecule has 0 aromatic heterocycles. The average molecular weight is 228 g/mol. The van der Waals surface area contributed by atoms with Gasteiger partial charge < -0.3 is 15.0 Å². The quantitative estimate of drug-likeness (QED) is 0.746. The summed E-state index contributed by atoms with van der Waals surface area (Å²) in [5.41, 5.74) is -0.416.